The van der Waals surface area contributed by atoms with Gasteiger partial charge in [0.05, 0.1) is 18.6 Å². The summed E-state index contributed by atoms with van der Waals surface area (Å²) in [7, 11) is 1.53. The number of carbonyl (C=O) groups is 3. The Morgan fingerprint density at radius 2 is 1.84 bits per heavy atom. The minimum Gasteiger partial charge on any atom is -0.508 e. The highest BCUT2D eigenvalue weighted by atomic mass is 16.5. The maximum Gasteiger partial charge on any atom is 0.328 e. The molecule has 0 unspecified atom stereocenters. The predicted molar refractivity (Wildman–Crippen MR) is 173 cm³/mol. The van der Waals surface area contributed by atoms with E-state index in [1.165, 1.54) is 13.2 Å². The molecular formula is C35H50N2O7. The Hall–Kier alpha value is -3.69. The number of aliphatic hydroxyl groups is 1. The first-order valence-electron chi connectivity index (χ1n) is 15.4. The first kappa shape index (κ1) is 36.5. The number of fused-ring (bicyclic) bond motifs is 2. The average molecular weight is 611 g/mol. The fourth-order valence-electron chi connectivity index (χ4n) is 4.74. The number of methoxy groups -OCH3 is 1. The zero-order valence-electron chi connectivity index (χ0n) is 26.9. The van der Waals surface area contributed by atoms with E-state index in [-0.39, 0.29) is 24.0 Å². The van der Waals surface area contributed by atoms with Crippen molar-refractivity contribution in [1.29, 1.82) is 0 Å². The summed E-state index contributed by atoms with van der Waals surface area (Å²) in [5, 5.41) is 27.0. The number of nitrogens with one attached hydrogen (secondary N) is 2. The SMILES string of the molecule is CO[C@@H]1C=CC=CC=CC[C@@H](OC(=O)[C@H](C)NC(=O)CCC(C)C)[C@H](C)[C@@H](O)C(C)=CCCc2cc(O)cc(c2)NC(=O)C1. The van der Waals surface area contributed by atoms with Gasteiger partial charge < -0.3 is 30.3 Å². The van der Waals surface area contributed by atoms with Gasteiger partial charge in [-0.15, -0.1) is 0 Å². The van der Waals surface area contributed by atoms with E-state index in [1.54, 1.807) is 31.2 Å². The molecule has 1 aliphatic rings. The molecule has 1 heterocycles. The minimum absolute atomic E-state index is 0.0429. The van der Waals surface area contributed by atoms with Crippen molar-refractivity contribution in [3.63, 3.8) is 0 Å². The lowest BCUT2D eigenvalue weighted by Crippen LogP contribution is -2.43. The van der Waals surface area contributed by atoms with E-state index >= 15 is 0 Å². The summed E-state index contributed by atoms with van der Waals surface area (Å²) in [6.45, 7) is 9.34. The molecule has 0 saturated heterocycles. The molecule has 5 atom stereocenters. The van der Waals surface area contributed by atoms with Crippen molar-refractivity contribution in [3.8, 4) is 5.75 Å². The maximum atomic E-state index is 13.0. The number of aliphatic hydroxyl groups excluding tert-OH is 1. The second kappa shape index (κ2) is 18.9. The first-order valence-corrected chi connectivity index (χ1v) is 15.4. The fourth-order valence-corrected chi connectivity index (χ4v) is 4.74. The van der Waals surface area contributed by atoms with Crippen LogP contribution in [-0.4, -0.2) is 59.5 Å². The number of hydrogen-bond donors (Lipinski definition) is 4. The Morgan fingerprint density at radius 1 is 1.11 bits per heavy atom. The van der Waals surface area contributed by atoms with Gasteiger partial charge in [0.25, 0.3) is 0 Å². The highest BCUT2D eigenvalue weighted by Gasteiger charge is 2.29. The molecule has 0 saturated carbocycles. The number of amides is 2. The highest BCUT2D eigenvalue weighted by Crippen LogP contribution is 2.24. The Bertz CT molecular complexity index is 1220. The van der Waals surface area contributed by atoms with Crippen LogP contribution in [0.25, 0.3) is 0 Å². The van der Waals surface area contributed by atoms with E-state index in [0.29, 0.717) is 37.3 Å². The fraction of sp³-hybridized carbons (Fsp3) is 0.514. The lowest BCUT2D eigenvalue weighted by molar-refractivity contribution is -0.156. The molecule has 1 aromatic carbocycles. The van der Waals surface area contributed by atoms with Gasteiger partial charge in [-0.1, -0.05) is 63.3 Å². The topological polar surface area (TPSA) is 134 Å². The summed E-state index contributed by atoms with van der Waals surface area (Å²) in [6, 6.07) is 4.13. The van der Waals surface area contributed by atoms with Gasteiger partial charge in [0.2, 0.25) is 11.8 Å². The molecule has 0 aliphatic carbocycles. The van der Waals surface area contributed by atoms with Crippen LogP contribution in [0.4, 0.5) is 5.69 Å². The van der Waals surface area contributed by atoms with Crippen LogP contribution in [0.5, 0.6) is 5.75 Å². The van der Waals surface area contributed by atoms with Gasteiger partial charge in [0.15, 0.2) is 0 Å². The summed E-state index contributed by atoms with van der Waals surface area (Å²) < 4.78 is 11.3. The van der Waals surface area contributed by atoms with Crippen LogP contribution >= 0.6 is 0 Å². The summed E-state index contributed by atoms with van der Waals surface area (Å²) in [4.78, 5) is 37.9. The molecular weight excluding hydrogens is 560 g/mol. The molecule has 0 spiro atoms. The van der Waals surface area contributed by atoms with E-state index < -0.39 is 36.2 Å². The van der Waals surface area contributed by atoms with Gasteiger partial charge in [-0.25, -0.2) is 4.79 Å². The third-order valence-corrected chi connectivity index (χ3v) is 7.51. The smallest absolute Gasteiger partial charge is 0.328 e. The van der Waals surface area contributed by atoms with Crippen LogP contribution in [0.3, 0.4) is 0 Å². The molecule has 2 rings (SSSR count). The Kier molecular flexibility index (Phi) is 15.6. The third kappa shape index (κ3) is 13.3. The number of hydrogen-bond acceptors (Lipinski definition) is 7. The second-order valence-corrected chi connectivity index (χ2v) is 11.8. The zero-order valence-corrected chi connectivity index (χ0v) is 26.9. The molecule has 9 nitrogen and oxygen atoms in total. The molecule has 2 bridgehead atoms. The van der Waals surface area contributed by atoms with Crippen LogP contribution in [0.2, 0.25) is 0 Å². The standard InChI is InChI=1S/C35H50N2O7/c1-23(2)17-18-32(39)36-26(5)35(42)44-31-16-11-9-7-8-10-15-30(43-6)22-33(40)37-28-19-27(20-29(38)21-28)14-12-13-24(3)34(41)25(31)4/h7-11,13,15,19-21,23,25-26,30-31,34,38,41H,12,14,16-18,22H2,1-6H3,(H,36,39)(H,37,40)/t25-,26-,30+,31+,34-/m0/s1. The number of esters is 1. The summed E-state index contributed by atoms with van der Waals surface area (Å²) >= 11 is 0. The van der Waals surface area contributed by atoms with Crippen LogP contribution in [-0.2, 0) is 30.3 Å². The number of phenolic OH excluding ortho intramolecular Hbond substituents is 1. The Morgan fingerprint density at radius 3 is 2.55 bits per heavy atom. The first-order chi connectivity index (χ1) is 20.9. The normalized spacial score (nSPS) is 22.8. The number of aryl methyl sites for hydroxylation is 1. The van der Waals surface area contributed by atoms with Crippen molar-refractivity contribution in [2.45, 2.75) is 97.5 Å². The summed E-state index contributed by atoms with van der Waals surface area (Å²) in [6.07, 6.45) is 13.5. The molecule has 242 valence electrons. The number of allylic oxidation sites excluding steroid dienone is 5. The second-order valence-electron chi connectivity index (χ2n) is 11.8. The molecule has 0 fully saturated rings. The molecule has 44 heavy (non-hydrogen) atoms. The quantitative estimate of drug-likeness (QED) is 0.235. The van der Waals surface area contributed by atoms with Gasteiger partial charge in [-0.3, -0.25) is 9.59 Å². The number of anilines is 1. The van der Waals surface area contributed by atoms with Gasteiger partial charge in [0.1, 0.15) is 17.9 Å². The van der Waals surface area contributed by atoms with Gasteiger partial charge in [0, 0.05) is 37.6 Å². The molecule has 4 N–H and O–H groups in total. The lowest BCUT2D eigenvalue weighted by atomic mass is 9.90. The van der Waals surface area contributed by atoms with Crippen molar-refractivity contribution in [3.05, 3.63) is 71.9 Å². The zero-order chi connectivity index (χ0) is 32.6. The number of rotatable bonds is 7. The van der Waals surface area contributed by atoms with Gasteiger partial charge in [-0.2, -0.15) is 0 Å². The van der Waals surface area contributed by atoms with Gasteiger partial charge >= 0.3 is 5.97 Å². The third-order valence-electron chi connectivity index (χ3n) is 7.51. The van der Waals surface area contributed by atoms with Crippen LogP contribution in [0.15, 0.2) is 66.3 Å². The van der Waals surface area contributed by atoms with Crippen LogP contribution < -0.4 is 10.6 Å². The lowest BCUT2D eigenvalue weighted by Gasteiger charge is -2.29. The van der Waals surface area contributed by atoms with Crippen molar-refractivity contribution < 1.29 is 34.1 Å². The van der Waals surface area contributed by atoms with Crippen LogP contribution in [0.1, 0.15) is 72.3 Å². The molecule has 9 heteroatoms. The number of aromatic hydroxyl groups is 1. The molecule has 1 aromatic rings. The molecule has 1 aliphatic heterocycles. The van der Waals surface area contributed by atoms with E-state index in [0.717, 1.165) is 17.6 Å². The van der Waals surface area contributed by atoms with E-state index in [2.05, 4.69) is 10.6 Å². The Labute approximate surface area is 262 Å². The van der Waals surface area contributed by atoms with E-state index in [1.807, 2.05) is 58.1 Å². The monoisotopic (exact) mass is 610 g/mol. The molecule has 0 radical (unpaired) electrons. The van der Waals surface area contributed by atoms with E-state index in [9.17, 15) is 24.6 Å². The van der Waals surface area contributed by atoms with Crippen molar-refractivity contribution in [1.82, 2.24) is 5.32 Å². The van der Waals surface area contributed by atoms with Gasteiger partial charge in [-0.05, 0) is 62.3 Å². The number of benzene rings is 1. The largest absolute Gasteiger partial charge is 0.508 e. The number of ether oxygens (including phenoxy) is 2. The van der Waals surface area contributed by atoms with Crippen molar-refractivity contribution in [2.75, 3.05) is 12.4 Å². The average Bonchev–Trinajstić information content (AvgIpc) is 2.96. The highest BCUT2D eigenvalue weighted by molar-refractivity contribution is 5.91. The Balaban J connectivity index is 2.27. The summed E-state index contributed by atoms with van der Waals surface area (Å²) in [5.74, 6) is -1.02. The number of phenols is 1. The molecule has 0 aromatic heterocycles. The number of carbonyl (C=O) groups excluding carboxylic acids is 3. The summed E-state index contributed by atoms with van der Waals surface area (Å²) in [5.41, 5.74) is 2.05. The molecule has 2 amide bonds. The van der Waals surface area contributed by atoms with Crippen molar-refractivity contribution >= 4 is 23.5 Å². The van der Waals surface area contributed by atoms with E-state index in [4.69, 9.17) is 9.47 Å². The van der Waals surface area contributed by atoms with Crippen molar-refractivity contribution in [2.24, 2.45) is 11.8 Å². The maximum absolute atomic E-state index is 13.0. The minimum atomic E-state index is -0.880. The predicted octanol–water partition coefficient (Wildman–Crippen LogP) is 5.54. The van der Waals surface area contributed by atoms with Crippen LogP contribution in [0, 0.1) is 11.8 Å².